The van der Waals surface area contributed by atoms with Crippen LogP contribution in [0.3, 0.4) is 0 Å². The molecule has 0 heterocycles. The van der Waals surface area contributed by atoms with Crippen molar-refractivity contribution < 1.29 is 126 Å². The van der Waals surface area contributed by atoms with Gasteiger partial charge in [-0.05, 0) is 0 Å². The van der Waals surface area contributed by atoms with Gasteiger partial charge < -0.3 is 25.3 Å². The Balaban J connectivity index is 0. The van der Waals surface area contributed by atoms with Gasteiger partial charge in [0.05, 0.1) is 9.79 Å². The van der Waals surface area contributed by atoms with E-state index in [0.29, 0.717) is 0 Å². The van der Waals surface area contributed by atoms with Crippen LogP contribution in [-0.2, 0) is 25.3 Å². The van der Waals surface area contributed by atoms with Gasteiger partial charge in [-0.2, -0.15) is 0 Å². The molecule has 0 N–H and O–H groups in total. The van der Waals surface area contributed by atoms with E-state index in [1.54, 1.807) is 0 Å². The van der Waals surface area contributed by atoms with Crippen LogP contribution in [0.2, 0.25) is 0 Å². The first kappa shape index (κ1) is 49.9. The number of thiol groups is 2. The Kier molecular flexibility index (Phi) is 20.1. The molecule has 0 aliphatic rings. The molecule has 4 aromatic rings. The van der Waals surface area contributed by atoms with Crippen molar-refractivity contribution in [1.82, 2.24) is 0 Å². The first-order chi connectivity index (χ1) is 21.9. The van der Waals surface area contributed by atoms with Crippen LogP contribution in [0.25, 0.3) is 0 Å². The van der Waals surface area contributed by atoms with Gasteiger partial charge in [0.15, 0.2) is 81.4 Å². The Morgan fingerprint density at radius 3 is 0.460 bits per heavy atom. The average molecular weight is 812 g/mol. The van der Waals surface area contributed by atoms with Crippen LogP contribution in [0, 0.1) is 116 Å². The maximum Gasteiger partial charge on any atom is 1.00 e. The fourth-order valence-electron chi connectivity index (χ4n) is 2.36. The van der Waals surface area contributed by atoms with Crippen LogP contribution in [0.5, 0.6) is 0 Å². The zero-order valence-corrected chi connectivity index (χ0v) is 26.7. The Bertz CT molecular complexity index is 1200. The van der Waals surface area contributed by atoms with Gasteiger partial charge in [0.25, 0.3) is 0 Å². The van der Waals surface area contributed by atoms with E-state index in [0.717, 1.165) is 0 Å². The number of rotatable bonds is 0. The molecule has 0 aromatic heterocycles. The van der Waals surface area contributed by atoms with Gasteiger partial charge in [0, 0.05) is 0 Å². The molecule has 0 spiro atoms. The van der Waals surface area contributed by atoms with Gasteiger partial charge >= 0.3 is 37.7 Å². The summed E-state index contributed by atoms with van der Waals surface area (Å²) in [7, 11) is 0. The third-order valence-corrected chi connectivity index (χ3v) is 6.21. The topological polar surface area (TPSA) is 0 Å². The number of halogens is 20. The van der Waals surface area contributed by atoms with E-state index in [1.165, 1.54) is 0 Å². The molecule has 0 saturated carbocycles. The summed E-state index contributed by atoms with van der Waals surface area (Å²) < 4.78 is 245. The molecular weight excluding hydrogens is 810 g/mol. The van der Waals surface area contributed by atoms with Gasteiger partial charge in [-0.15, -0.1) is 25.3 Å². The van der Waals surface area contributed by atoms with Crippen molar-refractivity contribution in [3.8, 4) is 0 Å². The summed E-state index contributed by atoms with van der Waals surface area (Å²) in [5.41, 5.74) is 0. The van der Waals surface area contributed by atoms with E-state index < -0.39 is 136 Å². The molecule has 4 aromatic carbocycles. The molecule has 4 rings (SSSR count). The van der Waals surface area contributed by atoms with Crippen molar-refractivity contribution in [2.24, 2.45) is 0 Å². The van der Waals surface area contributed by atoms with Crippen LogP contribution >= 0.6 is 25.3 Å². The van der Waals surface area contributed by atoms with Gasteiger partial charge in [-0.1, -0.05) is 9.79 Å². The van der Waals surface area contributed by atoms with Crippen LogP contribution in [0.1, 0.15) is 0 Å². The molecule has 0 nitrogen and oxygen atoms in total. The predicted octanol–water partition coefficient (Wildman–Crippen LogP) is 3.93. The molecule has 26 heteroatoms. The number of benzene rings is 4. The Morgan fingerprint density at radius 2 is 0.320 bits per heavy atom. The Morgan fingerprint density at radius 1 is 0.220 bits per heavy atom. The summed E-state index contributed by atoms with van der Waals surface area (Å²) in [5.74, 6) is -40.3. The molecule has 0 bridgehead atoms. The van der Waals surface area contributed by atoms with E-state index in [-0.39, 0.29) is 37.7 Å². The molecule has 0 saturated heterocycles. The standard InChI is InChI=1S/4C6HF5S.2Li/c4*7-1-2(8)4(10)6(12)5(11)3(1)9;;/h4*12H;;/q;;;;2*+1/p-2. The molecule has 0 aliphatic heterocycles. The Hall–Kier alpha value is -2.19. The van der Waals surface area contributed by atoms with Crippen molar-refractivity contribution in [1.29, 1.82) is 0 Å². The summed E-state index contributed by atoms with van der Waals surface area (Å²) >= 11 is 14.1. The minimum absolute atomic E-state index is 0. The fraction of sp³-hybridized carbons (Fsp3) is 0. The maximum atomic E-state index is 12.3. The van der Waals surface area contributed by atoms with Crippen molar-refractivity contribution in [3.05, 3.63) is 116 Å². The van der Waals surface area contributed by atoms with E-state index in [4.69, 9.17) is 0 Å². The zero-order chi connectivity index (χ0) is 37.9. The minimum atomic E-state index is -2.20. The van der Waals surface area contributed by atoms with Crippen molar-refractivity contribution in [3.63, 3.8) is 0 Å². The summed E-state index contributed by atoms with van der Waals surface area (Å²) in [6.45, 7) is 0. The van der Waals surface area contributed by atoms with Gasteiger partial charge in [0.2, 0.25) is 11.6 Å². The van der Waals surface area contributed by atoms with Crippen LogP contribution < -0.4 is 37.7 Å². The SMILES string of the molecule is Fc1c(F)c(F)c(S)c(F)c1F.Fc1c(F)c(F)c(S)c(F)c1F.Fc1c(F)c(F)c([S-])c(F)c1F.Fc1c(F)c(F)c([S-])c(F)c1F.[Li+].[Li+]. The van der Waals surface area contributed by atoms with Gasteiger partial charge in [-0.25, -0.2) is 87.8 Å². The van der Waals surface area contributed by atoms with Gasteiger partial charge in [-0.3, -0.25) is 0 Å². The molecule has 0 aliphatic carbocycles. The van der Waals surface area contributed by atoms with Crippen molar-refractivity contribution >= 4 is 50.5 Å². The second kappa shape index (κ2) is 20.2. The van der Waals surface area contributed by atoms with E-state index >= 15 is 0 Å². The maximum absolute atomic E-state index is 12.3. The first-order valence-electron chi connectivity index (χ1n) is 10.6. The number of hydrogen-bond acceptors (Lipinski definition) is 4. The summed E-state index contributed by atoms with van der Waals surface area (Å²) in [4.78, 5) is -4.92. The van der Waals surface area contributed by atoms with Gasteiger partial charge in [0.1, 0.15) is 23.3 Å². The zero-order valence-electron chi connectivity index (χ0n) is 23.3. The second-order valence-corrected chi connectivity index (χ2v) is 9.35. The quantitative estimate of drug-likeness (QED) is 0.0692. The van der Waals surface area contributed by atoms with Crippen molar-refractivity contribution in [2.75, 3.05) is 0 Å². The average Bonchev–Trinajstić information content (AvgIpc) is 3.08. The first-order valence-corrected chi connectivity index (χ1v) is 12.3. The second-order valence-electron chi connectivity index (χ2n) is 7.64. The third kappa shape index (κ3) is 10.5. The molecule has 50 heavy (non-hydrogen) atoms. The normalized spacial score (nSPS) is 10.0. The molecule has 264 valence electrons. The summed E-state index contributed by atoms with van der Waals surface area (Å²) in [6.07, 6.45) is 0. The monoisotopic (exact) mass is 812 g/mol. The molecular formula is C24H2F20Li2S4. The molecule has 0 unspecified atom stereocenters. The van der Waals surface area contributed by atoms with E-state index in [2.05, 4.69) is 50.5 Å². The molecule has 0 atom stereocenters. The van der Waals surface area contributed by atoms with E-state index in [1.807, 2.05) is 0 Å². The molecule has 0 amide bonds. The van der Waals surface area contributed by atoms with Crippen molar-refractivity contribution in [2.45, 2.75) is 19.6 Å². The summed E-state index contributed by atoms with van der Waals surface area (Å²) in [6, 6.07) is 0. The Labute approximate surface area is 310 Å². The predicted molar refractivity (Wildman–Crippen MR) is 131 cm³/mol. The molecule has 0 radical (unpaired) electrons. The smallest absolute Gasteiger partial charge is 0.774 e. The van der Waals surface area contributed by atoms with E-state index in [9.17, 15) is 87.8 Å². The number of hydrogen-bond donors (Lipinski definition) is 2. The van der Waals surface area contributed by atoms with Crippen LogP contribution in [0.15, 0.2) is 19.6 Å². The van der Waals surface area contributed by atoms with Crippen LogP contribution in [0.4, 0.5) is 87.8 Å². The van der Waals surface area contributed by atoms with Crippen LogP contribution in [-0.4, -0.2) is 0 Å². The fourth-order valence-corrected chi connectivity index (χ4v) is 3.11. The molecule has 0 fully saturated rings. The summed E-state index contributed by atoms with van der Waals surface area (Å²) in [5, 5.41) is 0. The largest absolute Gasteiger partial charge is 1.00 e. The third-order valence-electron chi connectivity index (χ3n) is 4.71. The minimum Gasteiger partial charge on any atom is -0.774 e.